The van der Waals surface area contributed by atoms with E-state index in [4.69, 9.17) is 5.73 Å². The number of nitrogens with two attached hydrogens (primary N) is 1. The van der Waals surface area contributed by atoms with E-state index in [0.29, 0.717) is 23.5 Å². The first kappa shape index (κ1) is 12.6. The van der Waals surface area contributed by atoms with Gasteiger partial charge in [0.15, 0.2) is 0 Å². The van der Waals surface area contributed by atoms with Crippen LogP contribution in [-0.4, -0.2) is 22.8 Å². The van der Waals surface area contributed by atoms with Crippen molar-refractivity contribution >= 4 is 22.9 Å². The number of rotatable bonds is 3. The highest BCUT2D eigenvalue weighted by Gasteiger charge is 2.15. The fourth-order valence-corrected chi connectivity index (χ4v) is 2.44. The van der Waals surface area contributed by atoms with Crippen LogP contribution in [-0.2, 0) is 6.54 Å². The Balaban J connectivity index is 2.17. The summed E-state index contributed by atoms with van der Waals surface area (Å²) in [4.78, 5) is 19.2. The lowest BCUT2D eigenvalue weighted by molar-refractivity contribution is 0.0785. The van der Waals surface area contributed by atoms with Gasteiger partial charge in [-0.1, -0.05) is 6.07 Å². The number of hydrogen-bond acceptors (Lipinski definition) is 4. The number of nitrogens with zero attached hydrogens (tertiary/aromatic N) is 2. The topological polar surface area (TPSA) is 59.2 Å². The normalized spacial score (nSPS) is 10.3. The van der Waals surface area contributed by atoms with Gasteiger partial charge in [-0.2, -0.15) is 0 Å². The molecule has 0 fully saturated rings. The summed E-state index contributed by atoms with van der Waals surface area (Å²) in [6.45, 7) is 2.41. The van der Waals surface area contributed by atoms with Crippen LogP contribution in [0.2, 0.25) is 0 Å². The fraction of sp³-hybridized carbons (Fsp3) is 0.231. The number of aryl methyl sites for hydroxylation is 1. The highest BCUT2D eigenvalue weighted by Crippen LogP contribution is 2.15. The van der Waals surface area contributed by atoms with Gasteiger partial charge in [0.25, 0.3) is 5.91 Å². The molecule has 0 aliphatic carbocycles. The average Bonchev–Trinajstić information content (AvgIpc) is 2.84. The Labute approximate surface area is 110 Å². The molecule has 0 saturated carbocycles. The van der Waals surface area contributed by atoms with E-state index in [1.165, 1.54) is 0 Å². The molecule has 94 valence electrons. The lowest BCUT2D eigenvalue weighted by Gasteiger charge is -2.17. The molecule has 0 aliphatic heterocycles. The third kappa shape index (κ3) is 2.68. The van der Waals surface area contributed by atoms with Gasteiger partial charge in [0, 0.05) is 11.9 Å². The maximum absolute atomic E-state index is 12.3. The molecule has 5 heteroatoms. The first-order chi connectivity index (χ1) is 8.58. The maximum Gasteiger partial charge on any atom is 0.255 e. The molecule has 0 spiro atoms. The van der Waals surface area contributed by atoms with Gasteiger partial charge in [-0.15, -0.1) is 11.3 Å². The number of nitrogen functional groups attached to an aromatic ring is 1. The highest BCUT2D eigenvalue weighted by molar-refractivity contribution is 7.09. The van der Waals surface area contributed by atoms with Crippen LogP contribution in [0.25, 0.3) is 0 Å². The Bertz CT molecular complexity index is 551. The van der Waals surface area contributed by atoms with Crippen molar-refractivity contribution in [3.63, 3.8) is 0 Å². The number of anilines is 1. The Morgan fingerprint density at radius 3 is 3.00 bits per heavy atom. The van der Waals surface area contributed by atoms with Gasteiger partial charge >= 0.3 is 0 Å². The molecule has 0 atom stereocenters. The van der Waals surface area contributed by atoms with E-state index in [0.717, 1.165) is 4.88 Å². The zero-order valence-electron chi connectivity index (χ0n) is 10.4. The minimum absolute atomic E-state index is 0.0549. The summed E-state index contributed by atoms with van der Waals surface area (Å²) in [5, 5.41) is 2.00. The maximum atomic E-state index is 12.3. The van der Waals surface area contributed by atoms with Gasteiger partial charge in [-0.3, -0.25) is 9.78 Å². The first-order valence-corrected chi connectivity index (χ1v) is 6.46. The van der Waals surface area contributed by atoms with Crippen molar-refractivity contribution in [1.29, 1.82) is 0 Å². The number of carbonyl (C=O) groups excluding carboxylic acids is 1. The Morgan fingerprint density at radius 2 is 2.33 bits per heavy atom. The number of pyridine rings is 1. The number of aromatic nitrogens is 1. The van der Waals surface area contributed by atoms with Gasteiger partial charge in [-0.05, 0) is 24.4 Å². The third-order valence-electron chi connectivity index (χ3n) is 2.66. The van der Waals surface area contributed by atoms with Crippen LogP contribution in [0.5, 0.6) is 0 Å². The molecule has 2 N–H and O–H groups in total. The lowest BCUT2D eigenvalue weighted by atomic mass is 10.1. The van der Waals surface area contributed by atoms with Crippen molar-refractivity contribution in [2.75, 3.05) is 12.8 Å². The number of amides is 1. The molecule has 2 heterocycles. The van der Waals surface area contributed by atoms with E-state index in [1.54, 1.807) is 35.5 Å². The molecular formula is C13H15N3OS. The quantitative estimate of drug-likeness (QED) is 0.922. The first-order valence-electron chi connectivity index (χ1n) is 5.58. The van der Waals surface area contributed by atoms with E-state index in [1.807, 2.05) is 24.4 Å². The zero-order valence-corrected chi connectivity index (χ0v) is 11.2. The van der Waals surface area contributed by atoms with Gasteiger partial charge in [-0.25, -0.2) is 0 Å². The standard InChI is InChI=1S/C13H15N3OS/c1-9-12(6-10(14)7-15-9)13(17)16(2)8-11-4-3-5-18-11/h3-7H,8,14H2,1-2H3. The molecular weight excluding hydrogens is 246 g/mol. The van der Waals surface area contributed by atoms with Crippen molar-refractivity contribution in [3.8, 4) is 0 Å². The summed E-state index contributed by atoms with van der Waals surface area (Å²) in [6, 6.07) is 5.67. The van der Waals surface area contributed by atoms with E-state index in [2.05, 4.69) is 4.98 Å². The molecule has 18 heavy (non-hydrogen) atoms. The van der Waals surface area contributed by atoms with Crippen LogP contribution in [0.4, 0.5) is 5.69 Å². The lowest BCUT2D eigenvalue weighted by Crippen LogP contribution is -2.26. The van der Waals surface area contributed by atoms with Crippen molar-refractivity contribution in [1.82, 2.24) is 9.88 Å². The molecule has 0 bridgehead atoms. The average molecular weight is 261 g/mol. The second kappa shape index (κ2) is 5.18. The summed E-state index contributed by atoms with van der Waals surface area (Å²) in [7, 11) is 1.78. The van der Waals surface area contributed by atoms with E-state index < -0.39 is 0 Å². The molecule has 2 aromatic rings. The predicted molar refractivity (Wildman–Crippen MR) is 73.5 cm³/mol. The summed E-state index contributed by atoms with van der Waals surface area (Å²) >= 11 is 1.64. The summed E-state index contributed by atoms with van der Waals surface area (Å²) in [5.74, 6) is -0.0549. The van der Waals surface area contributed by atoms with Crippen LogP contribution >= 0.6 is 11.3 Å². The van der Waals surface area contributed by atoms with Crippen LogP contribution in [0, 0.1) is 6.92 Å². The largest absolute Gasteiger partial charge is 0.397 e. The van der Waals surface area contributed by atoms with Crippen molar-refractivity contribution in [2.45, 2.75) is 13.5 Å². The third-order valence-corrected chi connectivity index (χ3v) is 3.52. The van der Waals surface area contributed by atoms with E-state index >= 15 is 0 Å². The second-order valence-corrected chi connectivity index (χ2v) is 5.17. The minimum Gasteiger partial charge on any atom is -0.397 e. The summed E-state index contributed by atoms with van der Waals surface area (Å²) < 4.78 is 0. The number of hydrogen-bond donors (Lipinski definition) is 1. The molecule has 0 radical (unpaired) electrons. The SMILES string of the molecule is Cc1ncc(N)cc1C(=O)N(C)Cc1cccs1. The number of carbonyl (C=O) groups is 1. The minimum atomic E-state index is -0.0549. The second-order valence-electron chi connectivity index (χ2n) is 4.14. The van der Waals surface area contributed by atoms with E-state index in [-0.39, 0.29) is 5.91 Å². The van der Waals surface area contributed by atoms with Crippen molar-refractivity contribution in [3.05, 3.63) is 45.9 Å². The smallest absolute Gasteiger partial charge is 0.255 e. The fourth-order valence-electron chi connectivity index (χ4n) is 1.68. The van der Waals surface area contributed by atoms with Gasteiger partial charge in [0.1, 0.15) is 0 Å². The van der Waals surface area contributed by atoms with Crippen LogP contribution in [0.1, 0.15) is 20.9 Å². The van der Waals surface area contributed by atoms with Crippen LogP contribution in [0.3, 0.4) is 0 Å². The summed E-state index contributed by atoms with van der Waals surface area (Å²) in [5.41, 5.74) is 7.44. The Morgan fingerprint density at radius 1 is 1.56 bits per heavy atom. The highest BCUT2D eigenvalue weighted by atomic mass is 32.1. The van der Waals surface area contributed by atoms with Gasteiger partial charge in [0.05, 0.1) is 29.7 Å². The van der Waals surface area contributed by atoms with Crippen molar-refractivity contribution < 1.29 is 4.79 Å². The molecule has 0 aliphatic rings. The van der Waals surface area contributed by atoms with Crippen LogP contribution < -0.4 is 5.73 Å². The van der Waals surface area contributed by atoms with Gasteiger partial charge < -0.3 is 10.6 Å². The van der Waals surface area contributed by atoms with Crippen molar-refractivity contribution in [2.24, 2.45) is 0 Å². The predicted octanol–water partition coefficient (Wildman–Crippen LogP) is 2.31. The Hall–Kier alpha value is -1.88. The molecule has 0 unspecified atom stereocenters. The summed E-state index contributed by atoms with van der Waals surface area (Å²) in [6.07, 6.45) is 1.56. The zero-order chi connectivity index (χ0) is 13.1. The van der Waals surface area contributed by atoms with Crippen LogP contribution in [0.15, 0.2) is 29.8 Å². The Kier molecular flexibility index (Phi) is 3.62. The van der Waals surface area contributed by atoms with Gasteiger partial charge in [0.2, 0.25) is 0 Å². The molecule has 0 saturated heterocycles. The molecule has 1 amide bonds. The van der Waals surface area contributed by atoms with E-state index in [9.17, 15) is 4.79 Å². The molecule has 2 aromatic heterocycles. The monoisotopic (exact) mass is 261 g/mol. The molecule has 2 rings (SSSR count). The molecule has 4 nitrogen and oxygen atoms in total. The molecule has 0 aromatic carbocycles. The number of thiophene rings is 1.